The molecule has 118 valence electrons. The molecule has 0 aliphatic carbocycles. The van der Waals surface area contributed by atoms with Gasteiger partial charge in [-0.15, -0.1) is 0 Å². The zero-order valence-electron chi connectivity index (χ0n) is 12.7. The van der Waals surface area contributed by atoms with Crippen LogP contribution in [0, 0.1) is 0 Å². The van der Waals surface area contributed by atoms with Crippen LogP contribution in [-0.4, -0.2) is 23.2 Å². The number of benzene rings is 1. The van der Waals surface area contributed by atoms with Gasteiger partial charge in [0.1, 0.15) is 23.3 Å². The summed E-state index contributed by atoms with van der Waals surface area (Å²) in [6, 6.07) is 5.40. The van der Waals surface area contributed by atoms with Crippen LogP contribution in [0.3, 0.4) is 0 Å². The van der Waals surface area contributed by atoms with Crippen molar-refractivity contribution in [2.75, 3.05) is 0 Å². The van der Waals surface area contributed by atoms with E-state index in [1.807, 2.05) is 32.1 Å². The molecule has 0 aromatic heterocycles. The summed E-state index contributed by atoms with van der Waals surface area (Å²) in [5.41, 5.74) is 0. The number of carboxylic acids is 1. The molecule has 0 radical (unpaired) electrons. The van der Waals surface area contributed by atoms with Gasteiger partial charge in [0.2, 0.25) is 0 Å². The number of aliphatic carboxylic acids is 1. The third kappa shape index (κ3) is 5.70. The lowest BCUT2D eigenvalue weighted by molar-refractivity contribution is -0.138. The van der Waals surface area contributed by atoms with Crippen LogP contribution in [0.2, 0.25) is 0 Å². The first kappa shape index (κ1) is 17.3. The maximum absolute atomic E-state index is 11.5. The van der Waals surface area contributed by atoms with Crippen LogP contribution in [0.4, 0.5) is 4.79 Å². The third-order valence-corrected chi connectivity index (χ3v) is 2.59. The first-order valence-electron chi connectivity index (χ1n) is 6.74. The SMILES string of the molecule is C/C=C\C(=C/C)Oc1ccc(OC(=O)NC(C)C(=O)O)cc1. The topological polar surface area (TPSA) is 84.9 Å². The monoisotopic (exact) mass is 305 g/mol. The van der Waals surface area contributed by atoms with Crippen molar-refractivity contribution in [3.05, 3.63) is 48.3 Å². The standard InChI is InChI=1S/C16H19NO5/c1-4-6-12(5-2)21-13-7-9-14(10-8-13)22-16(20)17-11(3)15(18)19/h4-11H,1-3H3,(H,17,20)(H,18,19)/b6-4-,12-5+. The lowest BCUT2D eigenvalue weighted by atomic mass is 10.3. The van der Waals surface area contributed by atoms with E-state index < -0.39 is 18.1 Å². The molecule has 1 aromatic carbocycles. The van der Waals surface area contributed by atoms with E-state index >= 15 is 0 Å². The molecular formula is C16H19NO5. The van der Waals surface area contributed by atoms with Gasteiger partial charge < -0.3 is 19.9 Å². The average molecular weight is 305 g/mol. The number of carbonyl (C=O) groups is 2. The Labute approximate surface area is 129 Å². The molecule has 0 saturated carbocycles. The maximum Gasteiger partial charge on any atom is 0.413 e. The normalized spacial score (nSPS) is 12.8. The van der Waals surface area contributed by atoms with Crippen LogP contribution >= 0.6 is 0 Å². The second-order valence-electron chi connectivity index (χ2n) is 4.36. The molecular weight excluding hydrogens is 286 g/mol. The molecule has 0 spiro atoms. The molecule has 1 amide bonds. The summed E-state index contributed by atoms with van der Waals surface area (Å²) < 4.78 is 10.6. The number of rotatable bonds is 6. The van der Waals surface area contributed by atoms with Crippen molar-refractivity contribution in [2.45, 2.75) is 26.8 Å². The highest BCUT2D eigenvalue weighted by Crippen LogP contribution is 2.20. The maximum atomic E-state index is 11.5. The second-order valence-corrected chi connectivity index (χ2v) is 4.36. The smallest absolute Gasteiger partial charge is 0.413 e. The van der Waals surface area contributed by atoms with Gasteiger partial charge in [-0.1, -0.05) is 6.08 Å². The molecule has 6 heteroatoms. The van der Waals surface area contributed by atoms with Crippen molar-refractivity contribution in [2.24, 2.45) is 0 Å². The zero-order chi connectivity index (χ0) is 16.5. The minimum Gasteiger partial charge on any atom is -0.480 e. The third-order valence-electron chi connectivity index (χ3n) is 2.59. The van der Waals surface area contributed by atoms with Gasteiger partial charge in [-0.3, -0.25) is 4.79 Å². The molecule has 0 heterocycles. The molecule has 0 saturated heterocycles. The highest BCUT2D eigenvalue weighted by Gasteiger charge is 2.15. The Hall–Kier alpha value is -2.76. The van der Waals surface area contributed by atoms with Crippen LogP contribution in [0.1, 0.15) is 20.8 Å². The molecule has 0 fully saturated rings. The summed E-state index contributed by atoms with van der Waals surface area (Å²) in [5, 5.41) is 10.9. The summed E-state index contributed by atoms with van der Waals surface area (Å²) in [4.78, 5) is 22.1. The van der Waals surface area contributed by atoms with E-state index in [4.69, 9.17) is 14.6 Å². The molecule has 1 unspecified atom stereocenters. The Morgan fingerprint density at radius 1 is 1.14 bits per heavy atom. The molecule has 0 aliphatic rings. The molecule has 1 aromatic rings. The quantitative estimate of drug-likeness (QED) is 0.623. The first-order valence-corrected chi connectivity index (χ1v) is 6.74. The van der Waals surface area contributed by atoms with Crippen molar-refractivity contribution in [1.82, 2.24) is 5.32 Å². The summed E-state index contributed by atoms with van der Waals surface area (Å²) in [6.45, 7) is 5.10. The summed E-state index contributed by atoms with van der Waals surface area (Å²) in [7, 11) is 0. The summed E-state index contributed by atoms with van der Waals surface area (Å²) in [5.74, 6) is 0.445. The van der Waals surface area contributed by atoms with Gasteiger partial charge in [-0.05, 0) is 57.2 Å². The fourth-order valence-electron chi connectivity index (χ4n) is 1.44. The minimum absolute atomic E-state index is 0.288. The van der Waals surface area contributed by atoms with Crippen LogP contribution in [0.25, 0.3) is 0 Å². The molecule has 0 bridgehead atoms. The Balaban J connectivity index is 2.61. The number of allylic oxidation sites excluding steroid dienone is 3. The van der Waals surface area contributed by atoms with E-state index in [2.05, 4.69) is 5.32 Å². The van der Waals surface area contributed by atoms with Gasteiger partial charge in [0.25, 0.3) is 0 Å². The molecule has 22 heavy (non-hydrogen) atoms. The van der Waals surface area contributed by atoms with E-state index in [1.54, 1.807) is 24.3 Å². The fraction of sp³-hybridized carbons (Fsp3) is 0.250. The molecule has 1 rings (SSSR count). The van der Waals surface area contributed by atoms with Crippen molar-refractivity contribution >= 4 is 12.1 Å². The Kier molecular flexibility index (Phi) is 6.69. The molecule has 2 N–H and O–H groups in total. The van der Waals surface area contributed by atoms with Crippen molar-refractivity contribution < 1.29 is 24.2 Å². The van der Waals surface area contributed by atoms with Crippen LogP contribution in [0.5, 0.6) is 11.5 Å². The fourth-order valence-corrected chi connectivity index (χ4v) is 1.44. The summed E-state index contributed by atoms with van der Waals surface area (Å²) in [6.07, 6.45) is 4.68. The Morgan fingerprint density at radius 3 is 2.14 bits per heavy atom. The predicted octanol–water partition coefficient (Wildman–Crippen LogP) is 3.11. The Morgan fingerprint density at radius 2 is 1.68 bits per heavy atom. The van der Waals surface area contributed by atoms with Crippen LogP contribution < -0.4 is 14.8 Å². The Bertz CT molecular complexity index is 575. The van der Waals surface area contributed by atoms with Gasteiger partial charge in [0.05, 0.1) is 0 Å². The lowest BCUT2D eigenvalue weighted by Crippen LogP contribution is -2.39. The van der Waals surface area contributed by atoms with Gasteiger partial charge in [-0.25, -0.2) is 4.79 Å². The highest BCUT2D eigenvalue weighted by molar-refractivity contribution is 5.80. The second kappa shape index (κ2) is 8.51. The molecule has 1 atom stereocenters. The number of carboxylic acid groups (broad SMARTS) is 1. The van der Waals surface area contributed by atoms with Gasteiger partial charge in [0, 0.05) is 0 Å². The van der Waals surface area contributed by atoms with E-state index in [0.717, 1.165) is 0 Å². The zero-order valence-corrected chi connectivity index (χ0v) is 12.7. The van der Waals surface area contributed by atoms with Crippen LogP contribution in [-0.2, 0) is 4.79 Å². The molecule has 0 aliphatic heterocycles. The predicted molar refractivity (Wildman–Crippen MR) is 81.9 cm³/mol. The number of ether oxygens (including phenoxy) is 2. The highest BCUT2D eigenvalue weighted by atomic mass is 16.6. The number of nitrogens with one attached hydrogen (secondary N) is 1. The van der Waals surface area contributed by atoms with Crippen molar-refractivity contribution in [1.29, 1.82) is 0 Å². The minimum atomic E-state index is -1.14. The first-order chi connectivity index (χ1) is 10.5. The number of hydrogen-bond acceptors (Lipinski definition) is 4. The van der Waals surface area contributed by atoms with Crippen molar-refractivity contribution in [3.63, 3.8) is 0 Å². The van der Waals surface area contributed by atoms with Gasteiger partial charge in [-0.2, -0.15) is 0 Å². The largest absolute Gasteiger partial charge is 0.480 e. The van der Waals surface area contributed by atoms with Crippen LogP contribution in [0.15, 0.2) is 48.3 Å². The van der Waals surface area contributed by atoms with Gasteiger partial charge >= 0.3 is 12.1 Å². The van der Waals surface area contributed by atoms with Gasteiger partial charge in [0.15, 0.2) is 0 Å². The van der Waals surface area contributed by atoms with E-state index in [9.17, 15) is 9.59 Å². The number of hydrogen-bond donors (Lipinski definition) is 2. The van der Waals surface area contributed by atoms with E-state index in [0.29, 0.717) is 11.5 Å². The van der Waals surface area contributed by atoms with Crippen molar-refractivity contribution in [3.8, 4) is 11.5 Å². The average Bonchev–Trinajstić information content (AvgIpc) is 2.48. The number of amides is 1. The van der Waals surface area contributed by atoms with E-state index in [1.165, 1.54) is 6.92 Å². The molecule has 6 nitrogen and oxygen atoms in total. The van der Waals surface area contributed by atoms with E-state index in [-0.39, 0.29) is 5.75 Å². The summed E-state index contributed by atoms with van der Waals surface area (Å²) >= 11 is 0. The lowest BCUT2D eigenvalue weighted by Gasteiger charge is -2.10. The number of carbonyl (C=O) groups excluding carboxylic acids is 1.